The first kappa shape index (κ1) is 21.6. The second-order valence-corrected chi connectivity index (χ2v) is 6.36. The molecule has 2 rings (SSSR count). The molecule has 0 aliphatic heterocycles. The van der Waals surface area contributed by atoms with Crippen molar-refractivity contribution in [1.29, 1.82) is 0 Å². The van der Waals surface area contributed by atoms with Crippen molar-refractivity contribution in [3.05, 3.63) is 59.7 Å². The molecule has 0 bridgehead atoms. The van der Waals surface area contributed by atoms with Crippen molar-refractivity contribution in [2.75, 3.05) is 0 Å². The van der Waals surface area contributed by atoms with Gasteiger partial charge in [-0.1, -0.05) is 33.3 Å². The van der Waals surface area contributed by atoms with Gasteiger partial charge < -0.3 is 39.9 Å². The third-order valence-corrected chi connectivity index (χ3v) is 3.16. The quantitative estimate of drug-likeness (QED) is 0.403. The molecule has 0 N–H and O–H groups in total. The Morgan fingerprint density at radius 1 is 0.957 bits per heavy atom. The molecular weight excluding hydrogens is 328 g/mol. The van der Waals surface area contributed by atoms with Crippen molar-refractivity contribution >= 4 is 11.6 Å². The van der Waals surface area contributed by atoms with Gasteiger partial charge in [0.05, 0.1) is 5.78 Å². The van der Waals surface area contributed by atoms with E-state index in [1.54, 1.807) is 18.2 Å². The first-order valence-electron chi connectivity index (χ1n) is 7.90. The second-order valence-electron chi connectivity index (χ2n) is 6.36. The van der Waals surface area contributed by atoms with E-state index in [1.807, 2.05) is 58.0 Å². The first-order chi connectivity index (χ1) is 10.4. The molecule has 0 unspecified atom stereocenters. The van der Waals surface area contributed by atoms with E-state index in [0.717, 1.165) is 0 Å². The normalized spacial score (nSPS) is 10.0. The first-order valence-corrected chi connectivity index (χ1v) is 7.90. The number of carbonyl (C=O) groups is 2. The fourth-order valence-corrected chi connectivity index (χ4v) is 2.19. The molecule has 0 heterocycles. The number of ketones is 2. The standard InChI is InChI=1S/C15H21O2.C5H5.Fe/c1-10(2)8-14(16)12-6-5-7-13(12)15(17)9-11(3)4;1-2-4-5-3-1;/h5-7,10-11H,8-9H2,1-4H3;1-5H;/q-1;-5;. The molecular formula is C20H26FeO2-6. The molecule has 0 atom stereocenters. The minimum atomic E-state index is 0. The van der Waals surface area contributed by atoms with Crippen LogP contribution in [0.25, 0.3) is 0 Å². The zero-order valence-corrected chi connectivity index (χ0v) is 15.5. The molecule has 0 aliphatic carbocycles. The van der Waals surface area contributed by atoms with Crippen molar-refractivity contribution in [2.45, 2.75) is 40.5 Å². The van der Waals surface area contributed by atoms with Gasteiger partial charge in [-0.3, -0.25) is 0 Å². The Morgan fingerprint density at radius 2 is 1.43 bits per heavy atom. The molecule has 0 saturated carbocycles. The van der Waals surface area contributed by atoms with Crippen molar-refractivity contribution in [3.63, 3.8) is 0 Å². The van der Waals surface area contributed by atoms with Crippen LogP contribution in [0.4, 0.5) is 0 Å². The predicted octanol–water partition coefficient (Wildman–Crippen LogP) is 5.27. The molecule has 0 aromatic heterocycles. The second kappa shape index (κ2) is 11.2. The third-order valence-electron chi connectivity index (χ3n) is 3.16. The van der Waals surface area contributed by atoms with Crippen molar-refractivity contribution in [1.82, 2.24) is 0 Å². The van der Waals surface area contributed by atoms with Gasteiger partial charge in [0.1, 0.15) is 5.78 Å². The molecule has 0 radical (unpaired) electrons. The van der Waals surface area contributed by atoms with Crippen LogP contribution in [0.5, 0.6) is 0 Å². The summed E-state index contributed by atoms with van der Waals surface area (Å²) in [4.78, 5) is 24.0. The molecule has 3 heteroatoms. The van der Waals surface area contributed by atoms with E-state index in [0.29, 0.717) is 35.8 Å². The monoisotopic (exact) mass is 354 g/mol. The van der Waals surface area contributed by atoms with Crippen LogP contribution in [-0.2, 0) is 17.1 Å². The largest absolute Gasteiger partial charge is 0.748 e. The zero-order valence-electron chi connectivity index (χ0n) is 14.4. The van der Waals surface area contributed by atoms with Gasteiger partial charge in [0.25, 0.3) is 0 Å². The van der Waals surface area contributed by atoms with Crippen LogP contribution in [0.15, 0.2) is 48.5 Å². The fraction of sp³-hybridized carbons (Fsp3) is 0.400. The van der Waals surface area contributed by atoms with Gasteiger partial charge in [-0.2, -0.15) is 12.1 Å². The summed E-state index contributed by atoms with van der Waals surface area (Å²) in [5.74, 6) is 0.810. The number of hydrogen-bond donors (Lipinski definition) is 0. The van der Waals surface area contributed by atoms with Gasteiger partial charge in [-0.05, 0) is 18.3 Å². The van der Waals surface area contributed by atoms with Gasteiger partial charge >= 0.3 is 0 Å². The van der Waals surface area contributed by atoms with E-state index >= 15 is 0 Å². The van der Waals surface area contributed by atoms with Crippen LogP contribution in [0.2, 0.25) is 0 Å². The fourth-order valence-electron chi connectivity index (χ4n) is 2.19. The molecule has 0 fully saturated rings. The van der Waals surface area contributed by atoms with E-state index in [4.69, 9.17) is 0 Å². The maximum absolute atomic E-state index is 12.0. The van der Waals surface area contributed by atoms with Crippen LogP contribution in [0.1, 0.15) is 61.3 Å². The average molecular weight is 354 g/mol. The van der Waals surface area contributed by atoms with Crippen molar-refractivity contribution < 1.29 is 26.7 Å². The third kappa shape index (κ3) is 8.10. The zero-order chi connectivity index (χ0) is 16.5. The average Bonchev–Trinajstić information content (AvgIpc) is 3.12. The van der Waals surface area contributed by atoms with Crippen molar-refractivity contribution in [2.24, 2.45) is 11.8 Å². The van der Waals surface area contributed by atoms with Crippen LogP contribution < -0.4 is 0 Å². The number of rotatable bonds is 6. The molecule has 2 aromatic rings. The summed E-state index contributed by atoms with van der Waals surface area (Å²) < 4.78 is 0. The Balaban J connectivity index is 0.000000684. The minimum Gasteiger partial charge on any atom is -0.748 e. The van der Waals surface area contributed by atoms with Gasteiger partial charge in [0.2, 0.25) is 0 Å². The molecule has 0 saturated heterocycles. The summed E-state index contributed by atoms with van der Waals surface area (Å²) in [7, 11) is 0. The van der Waals surface area contributed by atoms with E-state index in [2.05, 4.69) is 0 Å². The molecule has 23 heavy (non-hydrogen) atoms. The number of hydrogen-bond acceptors (Lipinski definition) is 2. The summed E-state index contributed by atoms with van der Waals surface area (Å²) in [6.45, 7) is 8.04. The van der Waals surface area contributed by atoms with Gasteiger partial charge in [-0.15, -0.1) is 11.6 Å². The van der Waals surface area contributed by atoms with Crippen LogP contribution >= 0.6 is 0 Å². The Hall–Kier alpha value is -1.44. The maximum atomic E-state index is 12.0. The Morgan fingerprint density at radius 3 is 1.87 bits per heavy atom. The molecule has 0 spiro atoms. The van der Waals surface area contributed by atoms with E-state index in [-0.39, 0.29) is 28.6 Å². The van der Waals surface area contributed by atoms with Crippen LogP contribution in [-0.4, -0.2) is 11.6 Å². The SMILES string of the molecule is CC(C)CC(=O)c1ccc[c-]1C(=O)CC(C)C.[Fe].[cH-]1[cH-][cH-][cH-][cH-]1. The van der Waals surface area contributed by atoms with E-state index in [1.165, 1.54) is 0 Å². The maximum Gasteiger partial charge on any atom is 0.122 e. The molecule has 2 aromatic carbocycles. The topological polar surface area (TPSA) is 34.1 Å². The summed E-state index contributed by atoms with van der Waals surface area (Å²) >= 11 is 0. The van der Waals surface area contributed by atoms with E-state index in [9.17, 15) is 9.59 Å². The molecule has 2 nitrogen and oxygen atoms in total. The molecule has 132 valence electrons. The molecule has 0 amide bonds. The number of Topliss-reactive ketones (excluding diaryl/α,β-unsaturated/α-hetero) is 2. The van der Waals surface area contributed by atoms with Crippen molar-refractivity contribution in [3.8, 4) is 0 Å². The summed E-state index contributed by atoms with van der Waals surface area (Å²) in [6, 6.07) is 15.3. The smallest absolute Gasteiger partial charge is 0.122 e. The Kier molecular flexibility index (Phi) is 10.5. The predicted molar refractivity (Wildman–Crippen MR) is 91.6 cm³/mol. The van der Waals surface area contributed by atoms with E-state index < -0.39 is 0 Å². The number of carbonyl (C=O) groups excluding carboxylic acids is 2. The summed E-state index contributed by atoms with van der Waals surface area (Å²) in [6.07, 6.45) is 1.01. The Labute approximate surface area is 150 Å². The Bertz CT molecular complexity index is 509. The molecule has 0 aliphatic rings. The van der Waals surface area contributed by atoms with Gasteiger partial charge in [-0.25, -0.2) is 0 Å². The summed E-state index contributed by atoms with van der Waals surface area (Å²) in [5.41, 5.74) is 1.20. The van der Waals surface area contributed by atoms with Gasteiger partial charge in [0.15, 0.2) is 0 Å². The van der Waals surface area contributed by atoms with Gasteiger partial charge in [0, 0.05) is 23.5 Å². The van der Waals surface area contributed by atoms with Crippen LogP contribution in [0, 0.1) is 11.8 Å². The van der Waals surface area contributed by atoms with Crippen LogP contribution in [0.3, 0.4) is 0 Å². The minimum absolute atomic E-state index is 0. The summed E-state index contributed by atoms with van der Waals surface area (Å²) in [5, 5.41) is 0.